The van der Waals surface area contributed by atoms with Crippen LogP contribution in [0, 0.1) is 17.2 Å². The number of benzene rings is 2. The van der Waals surface area contributed by atoms with E-state index < -0.39 is 12.0 Å². The second-order valence-corrected chi connectivity index (χ2v) is 9.54. The van der Waals surface area contributed by atoms with Crippen LogP contribution in [0.25, 0.3) is 11.3 Å². The molecule has 3 N–H and O–H groups in total. The number of carbonyl (C=O) groups is 1. The molecule has 9 heteroatoms. The van der Waals surface area contributed by atoms with Crippen LogP contribution in [0.1, 0.15) is 36.5 Å². The Kier molecular flexibility index (Phi) is 6.84. The average Bonchev–Trinajstić information content (AvgIpc) is 3.32. The van der Waals surface area contributed by atoms with Crippen molar-refractivity contribution in [1.82, 2.24) is 15.1 Å². The smallest absolute Gasteiger partial charge is 0.415 e. The van der Waals surface area contributed by atoms with Crippen molar-refractivity contribution in [3.63, 3.8) is 0 Å². The van der Waals surface area contributed by atoms with Crippen molar-refractivity contribution in [2.75, 3.05) is 26.3 Å². The molecule has 1 aromatic heterocycles. The van der Waals surface area contributed by atoms with Crippen molar-refractivity contribution in [3.05, 3.63) is 76.7 Å². The third kappa shape index (κ3) is 4.88. The summed E-state index contributed by atoms with van der Waals surface area (Å²) < 4.78 is 16.9. The van der Waals surface area contributed by atoms with Crippen LogP contribution in [-0.2, 0) is 11.2 Å². The summed E-state index contributed by atoms with van der Waals surface area (Å²) in [5.41, 5.74) is 10.5. The second-order valence-electron chi connectivity index (χ2n) is 9.54. The summed E-state index contributed by atoms with van der Waals surface area (Å²) in [7, 11) is 0. The van der Waals surface area contributed by atoms with Crippen LogP contribution in [0.4, 0.5) is 4.79 Å². The molecule has 1 atom stereocenters. The minimum absolute atomic E-state index is 0.0281. The van der Waals surface area contributed by atoms with Gasteiger partial charge in [-0.05, 0) is 24.0 Å². The van der Waals surface area contributed by atoms with E-state index in [0.717, 1.165) is 12.0 Å². The quantitative estimate of drug-likeness (QED) is 0.535. The van der Waals surface area contributed by atoms with Crippen molar-refractivity contribution in [2.45, 2.75) is 26.2 Å². The second kappa shape index (κ2) is 10.4. The predicted octanol–water partition coefficient (Wildman–Crippen LogP) is 4.32. The van der Waals surface area contributed by atoms with Crippen molar-refractivity contribution in [2.24, 2.45) is 11.7 Å². The molecule has 2 aliphatic heterocycles. The highest BCUT2D eigenvalue weighted by molar-refractivity contribution is 5.74. The molecule has 1 amide bonds. The lowest BCUT2D eigenvalue weighted by Gasteiger charge is -2.28. The van der Waals surface area contributed by atoms with Gasteiger partial charge in [0, 0.05) is 24.2 Å². The molecule has 0 radical (unpaired) electrons. The number of fused-ring (bicyclic) bond motifs is 1. The monoisotopic (exact) mass is 499 g/mol. The number of morpholine rings is 1. The van der Waals surface area contributed by atoms with E-state index in [0.29, 0.717) is 54.8 Å². The van der Waals surface area contributed by atoms with Crippen LogP contribution < -0.4 is 15.2 Å². The van der Waals surface area contributed by atoms with E-state index in [1.54, 1.807) is 17.0 Å². The van der Waals surface area contributed by atoms with Gasteiger partial charge in [0.2, 0.25) is 11.8 Å². The maximum Gasteiger partial charge on any atom is 0.415 e. The highest BCUT2D eigenvalue weighted by Crippen LogP contribution is 2.47. The van der Waals surface area contributed by atoms with Crippen molar-refractivity contribution >= 4 is 6.09 Å². The first-order valence-electron chi connectivity index (χ1n) is 12.3. The summed E-state index contributed by atoms with van der Waals surface area (Å²) in [6.45, 7) is 6.21. The van der Waals surface area contributed by atoms with E-state index >= 15 is 0 Å². The maximum absolute atomic E-state index is 12.9. The van der Waals surface area contributed by atoms with Gasteiger partial charge in [-0.15, -0.1) is 5.10 Å². The van der Waals surface area contributed by atoms with E-state index in [9.17, 15) is 10.1 Å². The number of aromatic nitrogens is 2. The molecule has 9 nitrogen and oxygen atoms in total. The number of nitrogens with one attached hydrogen (secondary N) is 1. The van der Waals surface area contributed by atoms with Crippen LogP contribution in [0.3, 0.4) is 0 Å². The van der Waals surface area contributed by atoms with E-state index in [1.807, 2.05) is 24.3 Å². The summed E-state index contributed by atoms with van der Waals surface area (Å²) in [6, 6.07) is 17.6. The molecule has 0 unspecified atom stereocenters. The number of ether oxygens (including phenoxy) is 3. The minimum atomic E-state index is -0.647. The van der Waals surface area contributed by atoms with Crippen molar-refractivity contribution < 1.29 is 19.0 Å². The standard InChI is InChI=1S/C28H29N5O4/c1-17(2)15-18-7-9-19(10-8-18)25-24-23(21(16-29)26(30)37-27(24)32-31-25)20-5-3-4-6-22(20)36-28(34)33-11-13-35-14-12-33/h3-10,17,23H,11-15,30H2,1-2H3,(H,31,32)/t23-/m0/s1. The van der Waals surface area contributed by atoms with Gasteiger partial charge in [0.15, 0.2) is 0 Å². The number of H-pyrrole nitrogens is 1. The summed E-state index contributed by atoms with van der Waals surface area (Å²) in [5.74, 6) is 0.506. The number of nitrogens with two attached hydrogens (primary N) is 1. The van der Waals surface area contributed by atoms with Gasteiger partial charge in [-0.25, -0.2) is 4.79 Å². The number of nitriles is 1. The lowest BCUT2D eigenvalue weighted by atomic mass is 9.82. The number of rotatable bonds is 5. The number of para-hydroxylation sites is 1. The summed E-state index contributed by atoms with van der Waals surface area (Å²) >= 11 is 0. The number of carbonyl (C=O) groups excluding carboxylic acids is 1. The molecule has 0 aliphatic carbocycles. The van der Waals surface area contributed by atoms with Gasteiger partial charge in [0.25, 0.3) is 0 Å². The number of nitrogens with zero attached hydrogens (tertiary/aromatic N) is 3. The Morgan fingerprint density at radius 2 is 1.95 bits per heavy atom. The number of amides is 1. The number of hydrogen-bond donors (Lipinski definition) is 2. The van der Waals surface area contributed by atoms with Gasteiger partial charge in [0.1, 0.15) is 17.4 Å². The lowest BCUT2D eigenvalue weighted by Crippen LogP contribution is -2.42. The van der Waals surface area contributed by atoms with Crippen LogP contribution >= 0.6 is 0 Å². The molecule has 190 valence electrons. The van der Waals surface area contributed by atoms with Crippen LogP contribution in [0.2, 0.25) is 0 Å². The van der Waals surface area contributed by atoms with E-state index in [-0.39, 0.29) is 17.3 Å². The molecule has 5 rings (SSSR count). The highest BCUT2D eigenvalue weighted by Gasteiger charge is 2.37. The first-order valence-corrected chi connectivity index (χ1v) is 12.3. The molecule has 2 aromatic carbocycles. The maximum atomic E-state index is 12.9. The topological polar surface area (TPSA) is 126 Å². The van der Waals surface area contributed by atoms with Gasteiger partial charge in [-0.1, -0.05) is 56.3 Å². The average molecular weight is 500 g/mol. The Morgan fingerprint density at radius 1 is 1.22 bits per heavy atom. The van der Waals surface area contributed by atoms with Gasteiger partial charge >= 0.3 is 6.09 Å². The minimum Gasteiger partial charge on any atom is -0.420 e. The van der Waals surface area contributed by atoms with Gasteiger partial charge in [0.05, 0.1) is 30.4 Å². The zero-order chi connectivity index (χ0) is 25.9. The summed E-state index contributed by atoms with van der Waals surface area (Å²) in [4.78, 5) is 14.5. The lowest BCUT2D eigenvalue weighted by molar-refractivity contribution is 0.0415. The van der Waals surface area contributed by atoms with Crippen LogP contribution in [0.5, 0.6) is 11.6 Å². The predicted molar refractivity (Wildman–Crippen MR) is 137 cm³/mol. The molecular weight excluding hydrogens is 470 g/mol. The molecular formula is C28H29N5O4. The van der Waals surface area contributed by atoms with Gasteiger partial charge in [-0.3, -0.25) is 5.10 Å². The van der Waals surface area contributed by atoms with Gasteiger partial charge < -0.3 is 24.8 Å². The largest absolute Gasteiger partial charge is 0.420 e. The van der Waals surface area contributed by atoms with Crippen LogP contribution in [-0.4, -0.2) is 47.5 Å². The van der Waals surface area contributed by atoms with E-state index in [4.69, 9.17) is 19.9 Å². The number of allylic oxidation sites excluding steroid dienone is 1. The summed E-state index contributed by atoms with van der Waals surface area (Å²) in [6.07, 6.45) is 0.513. The zero-order valence-electron chi connectivity index (χ0n) is 20.9. The van der Waals surface area contributed by atoms with Crippen LogP contribution in [0.15, 0.2) is 60.0 Å². The summed E-state index contributed by atoms with van der Waals surface area (Å²) in [5, 5.41) is 17.5. The number of hydrogen-bond acceptors (Lipinski definition) is 7. The fourth-order valence-electron chi connectivity index (χ4n) is 4.77. The Bertz CT molecular complexity index is 1360. The normalized spacial score (nSPS) is 17.2. The van der Waals surface area contributed by atoms with E-state index in [2.05, 4.69) is 42.2 Å². The molecule has 0 bridgehead atoms. The van der Waals surface area contributed by atoms with Crippen molar-refractivity contribution in [3.8, 4) is 29.0 Å². The fraction of sp³-hybridized carbons (Fsp3) is 0.321. The number of aromatic amines is 1. The van der Waals surface area contributed by atoms with Gasteiger partial charge in [-0.2, -0.15) is 5.26 Å². The SMILES string of the molecule is CC(C)Cc1ccc(-c2[nH]nc3c2[C@@H](c2ccccc2OC(=O)N2CCOCC2)C(C#N)=C(N)O3)cc1. The third-order valence-electron chi connectivity index (χ3n) is 6.52. The highest BCUT2D eigenvalue weighted by atomic mass is 16.6. The molecule has 2 aliphatic rings. The van der Waals surface area contributed by atoms with E-state index in [1.165, 1.54) is 5.56 Å². The zero-order valence-corrected chi connectivity index (χ0v) is 20.9. The molecule has 3 heterocycles. The molecule has 0 saturated carbocycles. The molecule has 1 saturated heterocycles. The first-order chi connectivity index (χ1) is 18.0. The Labute approximate surface area is 215 Å². The Hall–Kier alpha value is -4.29. The first kappa shape index (κ1) is 24.4. The fourth-order valence-corrected chi connectivity index (χ4v) is 4.77. The molecule has 37 heavy (non-hydrogen) atoms. The molecule has 0 spiro atoms. The molecule has 3 aromatic rings. The molecule has 1 fully saturated rings. The Morgan fingerprint density at radius 3 is 2.65 bits per heavy atom. The Balaban J connectivity index is 1.56. The third-order valence-corrected chi connectivity index (χ3v) is 6.52. The van der Waals surface area contributed by atoms with Crippen molar-refractivity contribution in [1.29, 1.82) is 5.26 Å².